The van der Waals surface area contributed by atoms with Crippen LogP contribution in [0.15, 0.2) is 42.5 Å². The predicted molar refractivity (Wildman–Crippen MR) is 290 cm³/mol. The average molecular weight is 978 g/mol. The highest BCUT2D eigenvalue weighted by Crippen LogP contribution is 2.37. The zero-order valence-electron chi connectivity index (χ0n) is 45.1. The van der Waals surface area contributed by atoms with E-state index in [0.717, 1.165) is 41.3 Å². The van der Waals surface area contributed by atoms with Gasteiger partial charge in [0, 0.05) is 30.4 Å². The summed E-state index contributed by atoms with van der Waals surface area (Å²) in [6, 6.07) is 14.7. The molecule has 1 heterocycles. The highest BCUT2D eigenvalue weighted by molar-refractivity contribution is 7.98. The second-order valence-electron chi connectivity index (χ2n) is 18.4. The number of thioether (sulfide) groups is 1. The van der Waals surface area contributed by atoms with Gasteiger partial charge in [-0.05, 0) is 104 Å². The third-order valence-corrected chi connectivity index (χ3v) is 14.2. The quantitative estimate of drug-likeness (QED) is 0.133. The Labute approximate surface area is 416 Å². The van der Waals surface area contributed by atoms with Crippen LogP contribution in [0.2, 0.25) is 0 Å². The van der Waals surface area contributed by atoms with Crippen molar-refractivity contribution in [1.82, 2.24) is 10.2 Å². The van der Waals surface area contributed by atoms with Gasteiger partial charge in [-0.25, -0.2) is 13.2 Å². The number of nitrogens with one attached hydrogen (secondary N) is 1. The number of aliphatic carboxylic acids is 2. The Balaban J connectivity index is 0. The molecule has 2 saturated carbocycles. The third kappa shape index (κ3) is 29.7. The van der Waals surface area contributed by atoms with Gasteiger partial charge in [-0.1, -0.05) is 184 Å². The molecule has 0 spiro atoms. The standard InChI is InChI=1S/C33H46N2O3S.C6H12O4S.C5H12.C4H8.C4H10.2C2H6/c1-4-26-15-16-27(20-24-11-6-5-7-12-24)35(26)22-25-14-17-29(30(21-25)28-13-9-8-10-23(28)2)32(36)34-31(33(37)38)18-19-39-3;1-5(6(7)8)3-4-11(2,9)10;1-4-5(2)3;1-2-4-3-1;1-3-4-2;2*1-2/h8-10,13-14,17,21,24,26-27,31H,4-7,11-12,15-16,18-20,22H2,1-3H3,(H,34,36)(H,37,38);5H,3-4H2,1-2H3,(H,7,8);5H,4H2,1-3H3;1-4H2;3-4H2,1-2H3;2*1-2H3/t26-,27?,31?;;;;;;/m0....../s1. The van der Waals surface area contributed by atoms with Crippen LogP contribution >= 0.6 is 11.8 Å². The molecule has 9 nitrogen and oxygen atoms in total. The van der Waals surface area contributed by atoms with Gasteiger partial charge in [0.1, 0.15) is 15.9 Å². The first-order valence-electron chi connectivity index (χ1n) is 26.3. The predicted octanol–water partition coefficient (Wildman–Crippen LogP) is 14.9. The van der Waals surface area contributed by atoms with Crippen molar-refractivity contribution in [3.8, 4) is 11.1 Å². The van der Waals surface area contributed by atoms with Crippen molar-refractivity contribution in [3.63, 3.8) is 0 Å². The van der Waals surface area contributed by atoms with Crippen LogP contribution in [0.5, 0.6) is 0 Å². The second-order valence-corrected chi connectivity index (χ2v) is 21.7. The Hall–Kier alpha value is -2.89. The summed E-state index contributed by atoms with van der Waals surface area (Å²) >= 11 is 1.58. The number of rotatable bonds is 18. The SMILES string of the molecule is C1CCC1.CC.CC.CC(CCS(C)(=O)=O)C(=O)O.CCC(C)C.CCCC.CC[C@H]1CCC(CC2CCCCC2)N1Cc1ccc(C(=O)NC(CCSC)C(=O)O)c(-c2ccccc2C)c1. The molecule has 3 fully saturated rings. The maximum absolute atomic E-state index is 13.5. The topological polar surface area (TPSA) is 141 Å². The van der Waals surface area contributed by atoms with E-state index < -0.39 is 33.7 Å². The van der Waals surface area contributed by atoms with E-state index in [0.29, 0.717) is 29.8 Å². The summed E-state index contributed by atoms with van der Waals surface area (Å²) in [4.78, 5) is 38.3. The summed E-state index contributed by atoms with van der Waals surface area (Å²) in [5, 5.41) is 20.9. The number of carbonyl (C=O) groups is 3. The molecule has 3 aliphatic rings. The molecule has 3 N–H and O–H groups in total. The molecule has 1 aliphatic heterocycles. The summed E-state index contributed by atoms with van der Waals surface area (Å²) in [6.07, 6.45) is 25.5. The largest absolute Gasteiger partial charge is 0.481 e. The number of sulfone groups is 1. The summed E-state index contributed by atoms with van der Waals surface area (Å²) in [5.41, 5.74) is 4.76. The van der Waals surface area contributed by atoms with Crippen molar-refractivity contribution < 1.29 is 33.0 Å². The molecule has 0 radical (unpaired) electrons. The number of likely N-dealkylation sites (tertiary alicyclic amines) is 1. The van der Waals surface area contributed by atoms with Gasteiger partial charge in [-0.3, -0.25) is 14.5 Å². The molecule has 0 bridgehead atoms. The lowest BCUT2D eigenvalue weighted by molar-refractivity contribution is -0.141. The minimum atomic E-state index is -3.02. The van der Waals surface area contributed by atoms with Gasteiger partial charge in [0.15, 0.2) is 0 Å². The number of carbonyl (C=O) groups excluding carboxylic acids is 1. The number of benzene rings is 2. The van der Waals surface area contributed by atoms with Crippen LogP contribution in [0.4, 0.5) is 0 Å². The molecular weight excluding hydrogens is 877 g/mol. The van der Waals surface area contributed by atoms with E-state index in [1.54, 1.807) is 11.8 Å². The van der Waals surface area contributed by atoms with Gasteiger partial charge in [0.05, 0.1) is 11.7 Å². The van der Waals surface area contributed by atoms with Crippen molar-refractivity contribution in [2.45, 2.75) is 223 Å². The number of amides is 1. The Morgan fingerprint density at radius 3 is 1.75 bits per heavy atom. The number of nitrogens with zero attached hydrogens (tertiary/aromatic N) is 1. The molecule has 388 valence electrons. The highest BCUT2D eigenvalue weighted by Gasteiger charge is 2.34. The highest BCUT2D eigenvalue weighted by atomic mass is 32.2. The van der Waals surface area contributed by atoms with Gasteiger partial charge in [-0.2, -0.15) is 11.8 Å². The molecule has 11 heteroatoms. The zero-order valence-corrected chi connectivity index (χ0v) is 46.7. The van der Waals surface area contributed by atoms with E-state index in [1.807, 2.05) is 52.1 Å². The fourth-order valence-electron chi connectivity index (χ4n) is 7.46. The lowest BCUT2D eigenvalue weighted by Gasteiger charge is -2.33. The van der Waals surface area contributed by atoms with E-state index in [1.165, 1.54) is 115 Å². The molecule has 3 unspecified atom stereocenters. The Morgan fingerprint density at radius 2 is 1.30 bits per heavy atom. The molecule has 4 atom stereocenters. The van der Waals surface area contributed by atoms with Gasteiger partial charge >= 0.3 is 11.9 Å². The van der Waals surface area contributed by atoms with Crippen molar-refractivity contribution in [1.29, 1.82) is 0 Å². The number of unbranched alkanes of at least 4 members (excludes halogenated alkanes) is 1. The molecule has 1 amide bonds. The molecule has 2 aromatic carbocycles. The normalized spacial score (nSPS) is 17.4. The first kappa shape index (κ1) is 66.2. The van der Waals surface area contributed by atoms with E-state index >= 15 is 0 Å². The van der Waals surface area contributed by atoms with Crippen LogP contribution in [-0.2, 0) is 26.0 Å². The van der Waals surface area contributed by atoms with Crippen LogP contribution in [0.25, 0.3) is 11.1 Å². The minimum Gasteiger partial charge on any atom is -0.481 e. The molecule has 0 aromatic heterocycles. The van der Waals surface area contributed by atoms with Gasteiger partial charge in [-0.15, -0.1) is 0 Å². The first-order chi connectivity index (χ1) is 31.9. The Kier molecular flexibility index (Phi) is 39.4. The van der Waals surface area contributed by atoms with Crippen LogP contribution in [0.3, 0.4) is 0 Å². The molecule has 5 rings (SSSR count). The van der Waals surface area contributed by atoms with Crippen LogP contribution < -0.4 is 5.32 Å². The maximum Gasteiger partial charge on any atom is 0.326 e. The lowest BCUT2D eigenvalue weighted by atomic mass is 9.84. The third-order valence-electron chi connectivity index (χ3n) is 12.6. The fraction of sp³-hybridized carbons (Fsp3) is 0.732. The summed E-state index contributed by atoms with van der Waals surface area (Å²) in [6.45, 7) is 25.8. The van der Waals surface area contributed by atoms with E-state index in [9.17, 15) is 27.9 Å². The minimum absolute atomic E-state index is 0.0551. The average Bonchev–Trinajstić information content (AvgIpc) is 3.68. The summed E-state index contributed by atoms with van der Waals surface area (Å²) in [7, 11) is -3.02. The van der Waals surface area contributed by atoms with Gasteiger partial charge in [0.25, 0.3) is 5.91 Å². The van der Waals surface area contributed by atoms with Crippen molar-refractivity contribution in [2.75, 3.05) is 24.0 Å². The second kappa shape index (κ2) is 39.9. The van der Waals surface area contributed by atoms with Gasteiger partial charge < -0.3 is 15.5 Å². The first-order valence-corrected chi connectivity index (χ1v) is 29.8. The molecule has 2 aliphatic carbocycles. The number of carboxylic acid groups (broad SMARTS) is 2. The van der Waals surface area contributed by atoms with Gasteiger partial charge in [0.2, 0.25) is 0 Å². The van der Waals surface area contributed by atoms with Crippen molar-refractivity contribution in [2.24, 2.45) is 17.8 Å². The monoisotopic (exact) mass is 977 g/mol. The van der Waals surface area contributed by atoms with E-state index in [2.05, 4.69) is 82.9 Å². The molecule has 2 aromatic rings. The number of aryl methyl sites for hydroxylation is 1. The number of carboxylic acids is 2. The van der Waals surface area contributed by atoms with Crippen molar-refractivity contribution in [3.05, 3.63) is 59.2 Å². The summed E-state index contributed by atoms with van der Waals surface area (Å²) in [5.74, 6) is -0.471. The smallest absolute Gasteiger partial charge is 0.326 e. The zero-order chi connectivity index (χ0) is 51.4. The maximum atomic E-state index is 13.5. The lowest BCUT2D eigenvalue weighted by Crippen LogP contribution is -2.41. The van der Waals surface area contributed by atoms with Crippen LogP contribution in [0.1, 0.15) is 213 Å². The molecule has 1 saturated heterocycles. The Morgan fingerprint density at radius 1 is 0.761 bits per heavy atom. The van der Waals surface area contributed by atoms with Crippen molar-refractivity contribution >= 4 is 39.4 Å². The van der Waals surface area contributed by atoms with Crippen LogP contribution in [0, 0.1) is 24.7 Å². The number of hydrogen-bond acceptors (Lipinski definition) is 7. The molecular formula is C56H100N2O7S2. The summed E-state index contributed by atoms with van der Waals surface area (Å²) < 4.78 is 21.1. The fourth-order valence-corrected chi connectivity index (χ4v) is 8.72. The van der Waals surface area contributed by atoms with Crippen LogP contribution in [-0.4, -0.2) is 83.5 Å². The Bertz CT molecular complexity index is 1680. The van der Waals surface area contributed by atoms with E-state index in [4.69, 9.17) is 5.11 Å². The number of hydrogen-bond donors (Lipinski definition) is 3. The molecule has 67 heavy (non-hydrogen) atoms. The van der Waals surface area contributed by atoms with E-state index in [-0.39, 0.29) is 18.1 Å².